The first-order chi connectivity index (χ1) is 9.91. The number of aryl methyl sites for hydroxylation is 1. The highest BCUT2D eigenvalue weighted by Crippen LogP contribution is 2.27. The summed E-state index contributed by atoms with van der Waals surface area (Å²) in [5, 5.41) is 13.1. The fourth-order valence-electron chi connectivity index (χ4n) is 1.53. The highest BCUT2D eigenvalue weighted by molar-refractivity contribution is 6.03. The second-order valence-corrected chi connectivity index (χ2v) is 4.11. The van der Waals surface area contributed by atoms with Gasteiger partial charge < -0.3 is 0 Å². The van der Waals surface area contributed by atoms with E-state index in [1.807, 2.05) is 6.92 Å². The van der Waals surface area contributed by atoms with Crippen LogP contribution in [-0.2, 0) is 12.7 Å². The van der Waals surface area contributed by atoms with E-state index in [0.29, 0.717) is 6.54 Å². The van der Waals surface area contributed by atoms with E-state index < -0.39 is 17.8 Å². The molecule has 0 aromatic carbocycles. The van der Waals surface area contributed by atoms with Gasteiger partial charge in [0.15, 0.2) is 0 Å². The number of amides is 1. The standard InChI is InChI=1S/C11H11F3N6O/c1-2-5-20-10(17-18-19-20)16-9(21)7-3-4-8(15-6-7)11(12,13)14/h3-4,6H,2,5H2,1H3,(H,16,17,19,21). The number of anilines is 1. The number of hydrogen-bond donors (Lipinski definition) is 1. The van der Waals surface area contributed by atoms with Gasteiger partial charge in [-0.25, -0.2) is 4.68 Å². The monoisotopic (exact) mass is 300 g/mol. The van der Waals surface area contributed by atoms with Gasteiger partial charge >= 0.3 is 6.18 Å². The normalized spacial score (nSPS) is 11.4. The Balaban J connectivity index is 2.11. The Kier molecular flexibility index (Phi) is 4.15. The Morgan fingerprint density at radius 2 is 2.14 bits per heavy atom. The number of halogens is 3. The number of hydrogen-bond acceptors (Lipinski definition) is 5. The van der Waals surface area contributed by atoms with Crippen molar-refractivity contribution in [2.45, 2.75) is 26.1 Å². The average Bonchev–Trinajstić information content (AvgIpc) is 2.86. The first-order valence-corrected chi connectivity index (χ1v) is 6.02. The molecule has 0 fully saturated rings. The summed E-state index contributed by atoms with van der Waals surface area (Å²) in [5.74, 6) is -0.509. The Morgan fingerprint density at radius 3 is 2.71 bits per heavy atom. The zero-order chi connectivity index (χ0) is 15.5. The van der Waals surface area contributed by atoms with Crippen molar-refractivity contribution in [3.05, 3.63) is 29.6 Å². The van der Waals surface area contributed by atoms with Crippen LogP contribution in [0.15, 0.2) is 18.3 Å². The molecule has 2 rings (SSSR count). The molecule has 0 saturated heterocycles. The zero-order valence-electron chi connectivity index (χ0n) is 10.9. The van der Waals surface area contributed by atoms with Crippen molar-refractivity contribution in [2.24, 2.45) is 0 Å². The summed E-state index contributed by atoms with van der Waals surface area (Å²) in [6, 6.07) is 1.78. The van der Waals surface area contributed by atoms with Crippen molar-refractivity contribution in [2.75, 3.05) is 5.32 Å². The van der Waals surface area contributed by atoms with Crippen molar-refractivity contribution in [1.82, 2.24) is 25.2 Å². The Morgan fingerprint density at radius 1 is 1.38 bits per heavy atom. The minimum atomic E-state index is -4.54. The Bertz CT molecular complexity index is 622. The van der Waals surface area contributed by atoms with Crippen LogP contribution in [-0.4, -0.2) is 31.1 Å². The molecular formula is C11H11F3N6O. The summed E-state index contributed by atoms with van der Waals surface area (Å²) in [6.45, 7) is 2.42. The van der Waals surface area contributed by atoms with Gasteiger partial charge in [0.05, 0.1) is 5.56 Å². The predicted octanol–water partition coefficient (Wildman–Crippen LogP) is 1.75. The molecule has 1 amide bonds. The van der Waals surface area contributed by atoms with Gasteiger partial charge in [0, 0.05) is 12.7 Å². The lowest BCUT2D eigenvalue weighted by Gasteiger charge is -2.07. The highest BCUT2D eigenvalue weighted by Gasteiger charge is 2.32. The topological polar surface area (TPSA) is 85.6 Å². The third kappa shape index (κ3) is 3.52. The number of rotatable bonds is 4. The molecule has 10 heteroatoms. The predicted molar refractivity (Wildman–Crippen MR) is 65.3 cm³/mol. The number of pyridine rings is 1. The van der Waals surface area contributed by atoms with Crippen molar-refractivity contribution < 1.29 is 18.0 Å². The van der Waals surface area contributed by atoms with Crippen LogP contribution in [0.3, 0.4) is 0 Å². The lowest BCUT2D eigenvalue weighted by atomic mass is 10.2. The third-order valence-corrected chi connectivity index (χ3v) is 2.51. The molecule has 0 spiro atoms. The summed E-state index contributed by atoms with van der Waals surface area (Å²) in [4.78, 5) is 15.1. The minimum Gasteiger partial charge on any atom is -0.289 e. The first kappa shape index (κ1) is 14.9. The molecule has 0 atom stereocenters. The van der Waals surface area contributed by atoms with Gasteiger partial charge in [0.2, 0.25) is 5.95 Å². The first-order valence-electron chi connectivity index (χ1n) is 6.02. The number of alkyl halides is 3. The number of carbonyl (C=O) groups is 1. The van der Waals surface area contributed by atoms with Crippen LogP contribution in [0.2, 0.25) is 0 Å². The molecule has 0 unspecified atom stereocenters. The highest BCUT2D eigenvalue weighted by atomic mass is 19.4. The van der Waals surface area contributed by atoms with E-state index in [-0.39, 0.29) is 11.5 Å². The molecule has 112 valence electrons. The second kappa shape index (κ2) is 5.85. The number of nitrogens with zero attached hydrogens (tertiary/aromatic N) is 5. The van der Waals surface area contributed by atoms with E-state index in [2.05, 4.69) is 25.8 Å². The van der Waals surface area contributed by atoms with E-state index in [9.17, 15) is 18.0 Å². The van der Waals surface area contributed by atoms with Gasteiger partial charge in [-0.2, -0.15) is 13.2 Å². The van der Waals surface area contributed by atoms with Crippen LogP contribution >= 0.6 is 0 Å². The lowest BCUT2D eigenvalue weighted by molar-refractivity contribution is -0.141. The van der Waals surface area contributed by atoms with Gasteiger partial charge in [-0.05, 0) is 29.0 Å². The van der Waals surface area contributed by atoms with E-state index in [4.69, 9.17) is 0 Å². The molecule has 2 aromatic rings. The fraction of sp³-hybridized carbons (Fsp3) is 0.364. The van der Waals surface area contributed by atoms with Crippen molar-refractivity contribution in [3.63, 3.8) is 0 Å². The maximum atomic E-state index is 12.4. The zero-order valence-corrected chi connectivity index (χ0v) is 10.9. The average molecular weight is 300 g/mol. The second-order valence-electron chi connectivity index (χ2n) is 4.11. The maximum Gasteiger partial charge on any atom is 0.433 e. The largest absolute Gasteiger partial charge is 0.433 e. The minimum absolute atomic E-state index is 0.0194. The van der Waals surface area contributed by atoms with Gasteiger partial charge in [-0.15, -0.1) is 0 Å². The van der Waals surface area contributed by atoms with Crippen LogP contribution in [0, 0.1) is 0 Å². The number of nitrogens with one attached hydrogen (secondary N) is 1. The van der Waals surface area contributed by atoms with Crippen LogP contribution < -0.4 is 5.32 Å². The lowest BCUT2D eigenvalue weighted by Crippen LogP contribution is -2.17. The van der Waals surface area contributed by atoms with E-state index in [1.165, 1.54) is 4.68 Å². The summed E-state index contributed by atoms with van der Waals surface area (Å²) >= 11 is 0. The molecule has 2 heterocycles. The summed E-state index contributed by atoms with van der Waals surface area (Å²) in [5.41, 5.74) is -1.08. The molecule has 21 heavy (non-hydrogen) atoms. The van der Waals surface area contributed by atoms with Crippen molar-refractivity contribution in [3.8, 4) is 0 Å². The molecule has 0 aliphatic carbocycles. The van der Waals surface area contributed by atoms with Gasteiger partial charge in [-0.3, -0.25) is 15.1 Å². The number of aromatic nitrogens is 5. The smallest absolute Gasteiger partial charge is 0.289 e. The van der Waals surface area contributed by atoms with Crippen LogP contribution in [0.4, 0.5) is 19.1 Å². The summed E-state index contributed by atoms with van der Waals surface area (Å²) < 4.78 is 38.5. The molecule has 7 nitrogen and oxygen atoms in total. The van der Waals surface area contributed by atoms with E-state index >= 15 is 0 Å². The van der Waals surface area contributed by atoms with Crippen LogP contribution in [0.25, 0.3) is 0 Å². The van der Waals surface area contributed by atoms with Gasteiger partial charge in [0.25, 0.3) is 5.91 Å². The molecule has 0 radical (unpaired) electrons. The van der Waals surface area contributed by atoms with E-state index in [0.717, 1.165) is 24.8 Å². The number of carbonyl (C=O) groups excluding carboxylic acids is 1. The SMILES string of the molecule is CCCn1nnnc1NC(=O)c1ccc(C(F)(F)F)nc1. The Labute approximate surface area is 117 Å². The van der Waals surface area contributed by atoms with Crippen LogP contribution in [0.1, 0.15) is 29.4 Å². The molecule has 1 N–H and O–H groups in total. The quantitative estimate of drug-likeness (QED) is 0.929. The van der Waals surface area contributed by atoms with E-state index in [1.54, 1.807) is 0 Å². The van der Waals surface area contributed by atoms with Crippen LogP contribution in [0.5, 0.6) is 0 Å². The van der Waals surface area contributed by atoms with Crippen molar-refractivity contribution in [1.29, 1.82) is 0 Å². The molecular weight excluding hydrogens is 289 g/mol. The fourth-order valence-corrected chi connectivity index (χ4v) is 1.53. The van der Waals surface area contributed by atoms with Crippen molar-refractivity contribution >= 4 is 11.9 Å². The molecule has 0 aliphatic rings. The number of tetrazole rings is 1. The molecule has 0 saturated carbocycles. The maximum absolute atomic E-state index is 12.4. The molecule has 2 aromatic heterocycles. The molecule has 0 aliphatic heterocycles. The Hall–Kier alpha value is -2.52. The summed E-state index contributed by atoms with van der Waals surface area (Å²) in [7, 11) is 0. The summed E-state index contributed by atoms with van der Waals surface area (Å²) in [6.07, 6.45) is -2.93. The van der Waals surface area contributed by atoms with Gasteiger partial charge in [0.1, 0.15) is 5.69 Å². The third-order valence-electron chi connectivity index (χ3n) is 2.51. The van der Waals surface area contributed by atoms with Gasteiger partial charge in [-0.1, -0.05) is 12.0 Å². The molecule has 0 bridgehead atoms.